The Morgan fingerprint density at radius 3 is 2.32 bits per heavy atom. The lowest BCUT2D eigenvalue weighted by molar-refractivity contribution is 0.495. The third-order valence-electron chi connectivity index (χ3n) is 10.2. The summed E-state index contributed by atoms with van der Waals surface area (Å²) in [4.78, 5) is 33.4. The number of aryl methyl sites for hydroxylation is 2. The number of aromatic nitrogens is 6. The highest BCUT2D eigenvalue weighted by Gasteiger charge is 2.21. The molecule has 0 aliphatic rings. The minimum absolute atomic E-state index is 0.284. The first-order chi connectivity index (χ1) is 30.5. The number of allylic oxidation sites excluding steroid dienone is 13. The van der Waals surface area contributed by atoms with Gasteiger partial charge in [0, 0.05) is 36.5 Å². The second kappa shape index (κ2) is 24.2. The molecule has 0 N–H and O–H groups in total. The van der Waals surface area contributed by atoms with E-state index in [0.29, 0.717) is 41.1 Å². The molecule has 0 fully saturated rings. The van der Waals surface area contributed by atoms with Gasteiger partial charge in [-0.1, -0.05) is 100 Å². The fourth-order valence-electron chi connectivity index (χ4n) is 6.61. The molecule has 4 heterocycles. The summed E-state index contributed by atoms with van der Waals surface area (Å²) in [6.07, 6.45) is 32.1. The Kier molecular flexibility index (Phi) is 18.6. The van der Waals surface area contributed by atoms with Crippen LogP contribution in [0.15, 0.2) is 155 Å². The van der Waals surface area contributed by atoms with Crippen molar-refractivity contribution in [3.63, 3.8) is 0 Å². The Morgan fingerprint density at radius 1 is 0.952 bits per heavy atom. The van der Waals surface area contributed by atoms with Gasteiger partial charge in [0.05, 0.1) is 34.2 Å². The summed E-state index contributed by atoms with van der Waals surface area (Å²) in [7, 11) is 0. The summed E-state index contributed by atoms with van der Waals surface area (Å²) in [5.74, 6) is 5.76. The highest BCUT2D eigenvalue weighted by molar-refractivity contribution is 6.02. The lowest BCUT2D eigenvalue weighted by Gasteiger charge is -2.15. The van der Waals surface area contributed by atoms with Gasteiger partial charge >= 0.3 is 0 Å². The minimum atomic E-state index is 0.284. The average molecular weight is 836 g/mol. The molecular formula is C54H61N9. The normalized spacial score (nSPS) is 13.8. The van der Waals surface area contributed by atoms with Crippen molar-refractivity contribution in [1.82, 2.24) is 29.1 Å². The summed E-state index contributed by atoms with van der Waals surface area (Å²) in [6, 6.07) is 15.9. The van der Waals surface area contributed by atoms with Gasteiger partial charge in [-0.2, -0.15) is 0 Å². The van der Waals surface area contributed by atoms with Crippen LogP contribution in [0, 0.1) is 38.0 Å². The monoisotopic (exact) mass is 836 g/mol. The van der Waals surface area contributed by atoms with Crippen LogP contribution in [0.3, 0.4) is 0 Å². The molecule has 0 bridgehead atoms. The smallest absolute Gasteiger partial charge is 0.164 e. The summed E-state index contributed by atoms with van der Waals surface area (Å²) < 4.78 is 4.12. The summed E-state index contributed by atoms with van der Waals surface area (Å²) in [5.41, 5.74) is 9.55. The molecule has 0 spiro atoms. The molecule has 2 atom stereocenters. The van der Waals surface area contributed by atoms with E-state index < -0.39 is 0 Å². The molecule has 0 amide bonds. The van der Waals surface area contributed by atoms with E-state index in [0.717, 1.165) is 62.9 Å². The van der Waals surface area contributed by atoms with Crippen LogP contribution in [0.1, 0.15) is 83.5 Å². The van der Waals surface area contributed by atoms with Crippen molar-refractivity contribution in [2.45, 2.75) is 75.2 Å². The first-order valence-corrected chi connectivity index (χ1v) is 21.2. The zero-order valence-corrected chi connectivity index (χ0v) is 38.4. The van der Waals surface area contributed by atoms with E-state index in [1.54, 1.807) is 24.7 Å². The number of terminal acetylenes is 1. The van der Waals surface area contributed by atoms with Crippen molar-refractivity contribution >= 4 is 58.7 Å². The number of hydrogen-bond donors (Lipinski definition) is 0. The fourth-order valence-corrected chi connectivity index (χ4v) is 6.61. The third kappa shape index (κ3) is 12.4. The number of imidazole rings is 2. The quantitative estimate of drug-likeness (QED) is 0.0529. The predicted molar refractivity (Wildman–Crippen MR) is 270 cm³/mol. The number of nitrogens with zero attached hydrogens (tertiary/aromatic N) is 9. The Hall–Kier alpha value is -7.31. The van der Waals surface area contributed by atoms with Crippen LogP contribution in [-0.2, 0) is 6.42 Å². The molecule has 9 nitrogen and oxygen atoms in total. The predicted octanol–water partition coefficient (Wildman–Crippen LogP) is 13.4. The molecule has 322 valence electrons. The second-order valence-corrected chi connectivity index (χ2v) is 14.8. The van der Waals surface area contributed by atoms with Gasteiger partial charge in [0.1, 0.15) is 22.9 Å². The number of rotatable bonds is 17. The molecule has 0 saturated carbocycles. The largest absolute Gasteiger partial charge is 0.280 e. The molecule has 0 aliphatic carbocycles. The first kappa shape index (κ1) is 48.4. The zero-order valence-electron chi connectivity index (χ0n) is 38.4. The molecular weight excluding hydrogens is 775 g/mol. The Balaban J connectivity index is 0.000000633. The van der Waals surface area contributed by atoms with Crippen LogP contribution in [0.25, 0.3) is 34.2 Å². The van der Waals surface area contributed by atoms with E-state index in [4.69, 9.17) is 31.4 Å². The number of aliphatic imine (C=N–C) groups is 3. The van der Waals surface area contributed by atoms with Gasteiger partial charge in [0.15, 0.2) is 11.5 Å². The van der Waals surface area contributed by atoms with Gasteiger partial charge in [0.2, 0.25) is 0 Å². The first-order valence-electron chi connectivity index (χ1n) is 21.2. The van der Waals surface area contributed by atoms with Gasteiger partial charge in [-0.15, -0.1) is 6.42 Å². The molecule has 5 aromatic rings. The highest BCUT2D eigenvalue weighted by Crippen LogP contribution is 2.33. The van der Waals surface area contributed by atoms with Crippen LogP contribution in [0.4, 0.5) is 11.5 Å². The second-order valence-electron chi connectivity index (χ2n) is 14.8. The molecule has 4 aromatic heterocycles. The number of pyridine rings is 2. The van der Waals surface area contributed by atoms with Crippen molar-refractivity contribution in [1.29, 1.82) is 0 Å². The van der Waals surface area contributed by atoms with Gasteiger partial charge in [-0.25, -0.2) is 24.9 Å². The van der Waals surface area contributed by atoms with Gasteiger partial charge < -0.3 is 0 Å². The van der Waals surface area contributed by atoms with E-state index >= 15 is 0 Å². The Morgan fingerprint density at radius 2 is 1.68 bits per heavy atom. The molecule has 1 aromatic carbocycles. The van der Waals surface area contributed by atoms with Crippen LogP contribution in [-0.4, -0.2) is 47.7 Å². The van der Waals surface area contributed by atoms with Crippen molar-refractivity contribution < 1.29 is 0 Å². The maximum absolute atomic E-state index is 5.41. The van der Waals surface area contributed by atoms with Crippen LogP contribution < -0.4 is 0 Å². The SMILES string of the molecule is C#CC(/C=C\C=C/C)C(C)CC.C=Cc1nc(C/C=C(\C=C(/N=C)C(C)=Nc2cccnc2C)c2nc3cccnc3n2-c2ccccc2C)n(/C(=C/C=C\C)C(=C)C)c1/N=C\C. The lowest BCUT2D eigenvalue weighted by Crippen LogP contribution is -2.06. The number of fused-ring (bicyclic) bond motifs is 1. The van der Waals surface area contributed by atoms with E-state index in [-0.39, 0.29) is 5.92 Å². The van der Waals surface area contributed by atoms with Gasteiger partial charge in [0.25, 0.3) is 0 Å². The van der Waals surface area contributed by atoms with Crippen LogP contribution in [0.2, 0.25) is 0 Å². The van der Waals surface area contributed by atoms with Crippen LogP contribution >= 0.6 is 0 Å². The highest BCUT2D eigenvalue weighted by atomic mass is 15.2. The average Bonchev–Trinajstić information content (AvgIpc) is 3.84. The minimum Gasteiger partial charge on any atom is -0.280 e. The van der Waals surface area contributed by atoms with Gasteiger partial charge in [-0.3, -0.25) is 19.1 Å². The number of hydrogen-bond acceptors (Lipinski definition) is 7. The van der Waals surface area contributed by atoms with Crippen molar-refractivity contribution in [2.75, 3.05) is 0 Å². The van der Waals surface area contributed by atoms with Crippen molar-refractivity contribution in [3.8, 4) is 18.0 Å². The molecule has 0 saturated heterocycles. The van der Waals surface area contributed by atoms with Crippen LogP contribution in [0.5, 0.6) is 0 Å². The lowest BCUT2D eigenvalue weighted by atomic mass is 9.92. The maximum atomic E-state index is 5.41. The van der Waals surface area contributed by atoms with Crippen molar-refractivity contribution in [3.05, 3.63) is 169 Å². The molecule has 0 radical (unpaired) electrons. The zero-order chi connectivity index (χ0) is 45.9. The molecule has 63 heavy (non-hydrogen) atoms. The molecule has 5 rings (SSSR count). The summed E-state index contributed by atoms with van der Waals surface area (Å²) in [6.45, 7) is 30.4. The van der Waals surface area contributed by atoms with Gasteiger partial charge in [-0.05, 0) is 121 Å². The van der Waals surface area contributed by atoms with Crippen molar-refractivity contribution in [2.24, 2.45) is 26.8 Å². The maximum Gasteiger partial charge on any atom is 0.164 e. The molecule has 9 heteroatoms. The Labute approximate surface area is 375 Å². The number of para-hydroxylation sites is 1. The van der Waals surface area contributed by atoms with E-state index in [2.05, 4.69) is 85.4 Å². The number of benzene rings is 1. The standard InChI is InChI=1S/C42H43N9.C12H18/c1-10-13-21-37(28(4)5)50-39(48-33(11-2)41(50)44-12-3)24-23-32(27-36(43-9)31(8)47-34-19-16-25-45-30(34)7)40-49-35-20-17-26-46-42(35)51(40)38-22-15-14-18-29(38)6;1-5-8-9-10-12(7-3)11(4)6-2/h10-23,25-27H,2,4,9,24H2,1,3,5-8H3;3,5,8-12H,6H2,1-2,4H3/b13-10-,32-23+,36-27-,37-21+,44-12-,47-31?;8-5-,10-9-. The third-order valence-corrected chi connectivity index (χ3v) is 10.2. The fraction of sp³-hybridized carbons (Fsp3) is 0.241. The summed E-state index contributed by atoms with van der Waals surface area (Å²) in [5, 5.41) is 0. The van der Waals surface area contributed by atoms with E-state index in [9.17, 15) is 0 Å². The Bertz CT molecular complexity index is 2700. The molecule has 0 aliphatic heterocycles. The molecule has 2 unspecified atom stereocenters. The summed E-state index contributed by atoms with van der Waals surface area (Å²) >= 11 is 0. The van der Waals surface area contributed by atoms with E-state index in [1.165, 1.54) is 0 Å². The topological polar surface area (TPSA) is 98.5 Å². The van der Waals surface area contributed by atoms with E-state index in [1.807, 2.05) is 125 Å².